The van der Waals surface area contributed by atoms with Crippen LogP contribution in [0.3, 0.4) is 0 Å². The zero-order valence-corrected chi connectivity index (χ0v) is 76.1. The fraction of sp³-hybridized carbons (Fsp3) is 0.186. The second kappa shape index (κ2) is 33.0. The maximum atomic E-state index is 8.67. The van der Waals surface area contributed by atoms with E-state index >= 15 is 0 Å². The first-order chi connectivity index (χ1) is 72.0. The van der Waals surface area contributed by atoms with E-state index in [-0.39, 0.29) is 12.8 Å². The molecule has 1 atom stereocenters. The van der Waals surface area contributed by atoms with Crippen LogP contribution in [-0.2, 0) is 38.5 Å². The van der Waals surface area contributed by atoms with Gasteiger partial charge < -0.3 is 0 Å². The van der Waals surface area contributed by atoms with Gasteiger partial charge in [-0.3, -0.25) is 53.8 Å². The Morgan fingerprint density at radius 1 is 0.243 bits per heavy atom. The summed E-state index contributed by atoms with van der Waals surface area (Å²) in [5.74, 6) is 2.32. The van der Waals surface area contributed by atoms with Crippen molar-refractivity contribution in [2.45, 2.75) is 132 Å². The molecule has 12 aromatic heterocycles. The van der Waals surface area contributed by atoms with Gasteiger partial charge in [0.05, 0.1) is 167 Å². The molecule has 666 valence electrons. The molecule has 0 saturated heterocycles. The number of imidazole rings is 12. The second-order valence-corrected chi connectivity index (χ2v) is 35.8. The Kier molecular flexibility index (Phi) is 16.5. The lowest BCUT2D eigenvalue weighted by Crippen LogP contribution is -2.00. The normalized spacial score (nSPS) is 14.8. The minimum absolute atomic E-state index is 0.0464. The number of para-hydroxylation sites is 18. The summed E-state index contributed by atoms with van der Waals surface area (Å²) in [6, 6.07) is 111. The van der Waals surface area contributed by atoms with Crippen molar-refractivity contribution in [1.29, 1.82) is 0 Å². The van der Waals surface area contributed by atoms with Crippen LogP contribution in [0.2, 0.25) is 0 Å². The van der Waals surface area contributed by atoms with Crippen molar-refractivity contribution < 1.29 is 19.2 Å². The van der Waals surface area contributed by atoms with Gasteiger partial charge in [-0.1, -0.05) is 245 Å². The van der Waals surface area contributed by atoms with Crippen LogP contribution in [0.15, 0.2) is 328 Å². The number of benzene rings is 15. The molecule has 0 amide bonds. The first-order valence-electron chi connectivity index (χ1n) is 53.7. The van der Waals surface area contributed by atoms with Gasteiger partial charge in [0.15, 0.2) is 0 Å². The third-order valence-corrected chi connectivity index (χ3v) is 26.9. The highest BCUT2D eigenvalue weighted by atomic mass is 15.3. The van der Waals surface area contributed by atoms with Crippen molar-refractivity contribution in [2.75, 3.05) is 0 Å². The van der Waals surface area contributed by atoms with Crippen molar-refractivity contribution >= 4 is 167 Å². The van der Waals surface area contributed by atoms with E-state index in [0.29, 0.717) is 53.8 Å². The van der Waals surface area contributed by atoms with E-state index in [1.807, 2.05) is 147 Å². The molecule has 27 rings (SSSR count). The van der Waals surface area contributed by atoms with Gasteiger partial charge in [0.1, 0.15) is 0 Å². The molecule has 0 radical (unpaired) electrons. The third-order valence-electron chi connectivity index (χ3n) is 26.9. The lowest BCUT2D eigenvalue weighted by Gasteiger charge is -2.10. The zero-order chi connectivity index (χ0) is 103. The number of fused-ring (bicyclic) bond motifs is 30. The van der Waals surface area contributed by atoms with Crippen molar-refractivity contribution in [1.82, 2.24) is 83.7 Å². The van der Waals surface area contributed by atoms with Gasteiger partial charge in [-0.05, 0) is 260 Å². The Morgan fingerprint density at radius 2 is 0.478 bits per heavy atom. The summed E-state index contributed by atoms with van der Waals surface area (Å²) in [7, 11) is 0. The third kappa shape index (κ3) is 12.9. The van der Waals surface area contributed by atoms with Crippen LogP contribution in [-0.4, -0.2) is 83.7 Å². The minimum atomic E-state index is -2.44. The second-order valence-electron chi connectivity index (χ2n) is 35.8. The van der Waals surface area contributed by atoms with Crippen molar-refractivity contribution in [3.63, 3.8) is 0 Å². The molecule has 18 heteroatoms. The fourth-order valence-corrected chi connectivity index (χ4v) is 21.3. The monoisotopic (exact) mass is 1790 g/mol. The molecule has 1 unspecified atom stereocenters. The predicted molar refractivity (Wildman–Crippen MR) is 560 cm³/mol. The summed E-state index contributed by atoms with van der Waals surface area (Å²) in [4.78, 5) is 31.3. The summed E-state index contributed by atoms with van der Waals surface area (Å²) in [5, 5.41) is 0. The number of aromatic nitrogens is 18. The summed E-state index contributed by atoms with van der Waals surface area (Å²) < 4.78 is 140. The SMILES string of the molecule is [2H]C(C)(C)Cc1cccc2c1nc1n(-c3cccc(-n4c5ccccc5n5c6cccc(CC([2H])(C)C([2H])([2H])[2H])c6nc45)c3)c3ccccc3n21.[2H]C([2H])(C)Cc1cccc2c1nc1n(-c3cccc(-n4c5ccccc5n5c6cccc(CCC)c6nc45)c3)c3ccccc3n21.[2H]C([2H])([2H])CC([2H])([2H])Cc1cccc2c1nc1n(-c3cccc(-n4c5ccccc5n5c6cccc(CCC([2H])([2H])C)c6nc45)c3)c3ccccc3n21. The Balaban J connectivity index is 0.000000117. The Hall–Kier alpha value is -16.1. The van der Waals surface area contributed by atoms with Crippen LogP contribution in [0, 0.1) is 11.8 Å². The molecule has 0 aliphatic heterocycles. The molecular weight excluding hydrogens is 1670 g/mol. The first-order valence-corrected chi connectivity index (χ1v) is 46.7. The molecular formula is C118H104N18. The largest absolute Gasteiger partial charge is 0.278 e. The van der Waals surface area contributed by atoms with Gasteiger partial charge >= 0.3 is 0 Å². The van der Waals surface area contributed by atoms with Gasteiger partial charge in [-0.2, -0.15) is 0 Å². The maximum Gasteiger partial charge on any atom is 0.220 e. The average molecular weight is 1790 g/mol. The van der Waals surface area contributed by atoms with E-state index in [0.717, 1.165) is 214 Å². The highest BCUT2D eigenvalue weighted by Crippen LogP contribution is 2.42. The topological polar surface area (TPSA) is 133 Å². The molecule has 0 bridgehead atoms. The van der Waals surface area contributed by atoms with Gasteiger partial charge in [-0.25, -0.2) is 29.9 Å². The molecule has 12 heterocycles. The molecule has 15 aromatic carbocycles. The van der Waals surface area contributed by atoms with Crippen LogP contribution in [0.4, 0.5) is 0 Å². The van der Waals surface area contributed by atoms with Gasteiger partial charge in [0.25, 0.3) is 0 Å². The number of hydrogen-bond acceptors (Lipinski definition) is 6. The summed E-state index contributed by atoms with van der Waals surface area (Å²) in [5.41, 5.74) is 34.3. The molecule has 18 nitrogen and oxygen atoms in total. The molecule has 0 N–H and O–H groups in total. The molecule has 0 fully saturated rings. The zero-order valence-electron chi connectivity index (χ0n) is 90.1. The van der Waals surface area contributed by atoms with Gasteiger partial charge in [-0.15, -0.1) is 0 Å². The highest BCUT2D eigenvalue weighted by Gasteiger charge is 2.29. The average Bonchev–Trinajstić information content (AvgIpc) is 1.63. The predicted octanol–water partition coefficient (Wildman–Crippen LogP) is 28.5. The van der Waals surface area contributed by atoms with Crippen molar-refractivity contribution in [3.05, 3.63) is 361 Å². The van der Waals surface area contributed by atoms with Gasteiger partial charge in [0, 0.05) is 19.2 Å². The Bertz CT molecular complexity index is 10100. The fourth-order valence-electron chi connectivity index (χ4n) is 21.3. The molecule has 136 heavy (non-hydrogen) atoms. The van der Waals surface area contributed by atoms with Crippen LogP contribution < -0.4 is 0 Å². The van der Waals surface area contributed by atoms with Crippen LogP contribution >= 0.6 is 0 Å². The summed E-state index contributed by atoms with van der Waals surface area (Å²) in [6.07, 6.45) is -1.21. The highest BCUT2D eigenvalue weighted by molar-refractivity contribution is 6.01. The molecule has 0 aliphatic rings. The van der Waals surface area contributed by atoms with Crippen molar-refractivity contribution in [3.8, 4) is 34.1 Å². The number of rotatable bonds is 20. The summed E-state index contributed by atoms with van der Waals surface area (Å²) in [6.45, 7) is 5.95. The smallest absolute Gasteiger partial charge is 0.220 e. The molecule has 0 spiro atoms. The lowest BCUT2D eigenvalue weighted by molar-refractivity contribution is 0.649. The van der Waals surface area contributed by atoms with Crippen molar-refractivity contribution in [2.24, 2.45) is 11.8 Å². The van der Waals surface area contributed by atoms with E-state index in [2.05, 4.69) is 255 Å². The quantitative estimate of drug-likeness (QED) is 0.0746. The van der Waals surface area contributed by atoms with E-state index in [1.54, 1.807) is 13.8 Å². The number of nitrogens with zero attached hydrogens (tertiary/aromatic N) is 18. The lowest BCUT2D eigenvalue weighted by atomic mass is 10.0. The molecule has 27 aromatic rings. The van der Waals surface area contributed by atoms with Gasteiger partial charge in [0.2, 0.25) is 34.7 Å². The minimum Gasteiger partial charge on any atom is -0.278 e. The van der Waals surface area contributed by atoms with E-state index in [9.17, 15) is 0 Å². The van der Waals surface area contributed by atoms with Crippen LogP contribution in [0.5, 0.6) is 0 Å². The first kappa shape index (κ1) is 68.0. The molecule has 0 saturated carbocycles. The van der Waals surface area contributed by atoms with E-state index < -0.39 is 51.0 Å². The van der Waals surface area contributed by atoms with Crippen LogP contribution in [0.1, 0.15) is 146 Å². The number of hydrogen-bond donors (Lipinski definition) is 0. The molecule has 0 aliphatic carbocycles. The maximum absolute atomic E-state index is 8.67. The Morgan fingerprint density at radius 3 is 0.735 bits per heavy atom. The summed E-state index contributed by atoms with van der Waals surface area (Å²) >= 11 is 0. The Labute approximate surface area is 804 Å². The van der Waals surface area contributed by atoms with Crippen LogP contribution in [0.25, 0.3) is 201 Å². The van der Waals surface area contributed by atoms with E-state index in [4.69, 9.17) is 49.1 Å². The standard InChI is InChI=1S/2C40H36N6.C38H32N6/c1-25(2)22-27-12-9-20-35-37(27)41-39-43(31-16-5-7-18-33(31)45(35)39)29-14-11-15-30(24-29)44-32-17-6-8-19-34(32)46-36-21-10-13-28(23-26(3)4)38(36)42-40(44)46;1-3-5-14-27-16-11-24-35-37(27)41-39-43(31-20-7-9-22-33(31)45(35)39)29-18-13-19-30(26-29)44-32-21-8-10-23-34(32)46-36-25-12-17-28(15-6-4-2)38(36)42-40(44)46;1-3-12-25-14-9-22-33-35(25)39-37-41(29-18-5-7-20-31(29)43(33)37)27-16-11-17-28(24-27)42-30-19-6-8-21-32(30)44-34-23-10-15-26(13-4-2)36(34)40-38(42)44/h5-21,24-26H,22-23H2,1-4H3;7-13,16-26H,3-6,14-15H2,1-2H3;5-11,14-24H,3-4,12-13H2,1-2H3/i1D3,25D,26D;1D3,4D2,5D2;3D2. The van der Waals surface area contributed by atoms with E-state index in [1.165, 1.54) is 12.5 Å². The number of aryl methyl sites for hydroxylation is 4.